The van der Waals surface area contributed by atoms with E-state index in [0.29, 0.717) is 5.82 Å². The second-order valence-corrected chi connectivity index (χ2v) is 3.98. The minimum absolute atomic E-state index is 0.126. The molecule has 94 valence electrons. The van der Waals surface area contributed by atoms with Gasteiger partial charge < -0.3 is 11.1 Å². The predicted octanol–water partition coefficient (Wildman–Crippen LogP) is 0.684. The first kappa shape index (κ1) is 12.3. The summed E-state index contributed by atoms with van der Waals surface area (Å²) < 4.78 is 1.46. The van der Waals surface area contributed by atoms with Gasteiger partial charge in [-0.2, -0.15) is 5.10 Å². The number of nitrogens with one attached hydrogen (secondary N) is 1. The second-order valence-electron chi connectivity index (χ2n) is 3.98. The lowest BCUT2D eigenvalue weighted by atomic mass is 10.2. The van der Waals surface area contributed by atoms with Gasteiger partial charge in [0.2, 0.25) is 5.91 Å². The van der Waals surface area contributed by atoms with E-state index in [1.165, 1.54) is 11.0 Å². The fourth-order valence-electron chi connectivity index (χ4n) is 1.49. The van der Waals surface area contributed by atoms with E-state index in [2.05, 4.69) is 15.4 Å². The quantitative estimate of drug-likeness (QED) is 0.829. The van der Waals surface area contributed by atoms with Crippen LogP contribution in [0.4, 0.5) is 5.69 Å². The fraction of sp³-hybridized carbons (Fsp3) is 0.250. The summed E-state index contributed by atoms with van der Waals surface area (Å²) in [6, 6.07) is 7.61. The highest BCUT2D eigenvalue weighted by molar-refractivity contribution is 5.90. The topological polar surface area (TPSA) is 85.8 Å². The molecule has 1 heterocycles. The van der Waals surface area contributed by atoms with Gasteiger partial charge in [0.05, 0.1) is 6.54 Å². The Bertz CT molecular complexity index is 532. The minimum atomic E-state index is -0.146. The summed E-state index contributed by atoms with van der Waals surface area (Å²) in [5.41, 5.74) is 7.31. The van der Waals surface area contributed by atoms with E-state index >= 15 is 0 Å². The Balaban J connectivity index is 1.94. The molecule has 1 aromatic carbocycles. The number of hydrogen-bond donors (Lipinski definition) is 2. The Morgan fingerprint density at radius 1 is 1.39 bits per heavy atom. The maximum Gasteiger partial charge on any atom is 0.246 e. The molecule has 0 radical (unpaired) electrons. The molecule has 0 aliphatic heterocycles. The van der Waals surface area contributed by atoms with Crippen molar-refractivity contribution in [2.45, 2.75) is 20.0 Å². The molecule has 0 aliphatic rings. The number of carbonyl (C=O) groups is 1. The smallest absolute Gasteiger partial charge is 0.246 e. The van der Waals surface area contributed by atoms with Gasteiger partial charge in [-0.25, -0.2) is 9.67 Å². The van der Waals surface area contributed by atoms with Crippen molar-refractivity contribution in [1.29, 1.82) is 0 Å². The zero-order valence-corrected chi connectivity index (χ0v) is 10.1. The van der Waals surface area contributed by atoms with Crippen LogP contribution < -0.4 is 11.1 Å². The van der Waals surface area contributed by atoms with Crippen molar-refractivity contribution in [2.24, 2.45) is 5.73 Å². The number of carbonyl (C=O) groups excluding carboxylic acids is 1. The molecule has 1 aromatic heterocycles. The molecule has 0 aliphatic carbocycles. The summed E-state index contributed by atoms with van der Waals surface area (Å²) in [5, 5.41) is 6.83. The number of nitrogens with two attached hydrogens (primary N) is 1. The maximum atomic E-state index is 11.7. The van der Waals surface area contributed by atoms with Crippen molar-refractivity contribution in [3.05, 3.63) is 42.0 Å². The highest BCUT2D eigenvalue weighted by Crippen LogP contribution is 2.08. The molecule has 3 N–H and O–H groups in total. The minimum Gasteiger partial charge on any atom is -0.324 e. The molecule has 0 bridgehead atoms. The predicted molar refractivity (Wildman–Crippen MR) is 67.7 cm³/mol. The first-order valence-corrected chi connectivity index (χ1v) is 5.62. The van der Waals surface area contributed by atoms with Crippen molar-refractivity contribution in [2.75, 3.05) is 5.32 Å². The molecule has 0 unspecified atom stereocenters. The van der Waals surface area contributed by atoms with Gasteiger partial charge in [-0.05, 0) is 19.1 Å². The molecule has 0 fully saturated rings. The molecule has 2 aromatic rings. The van der Waals surface area contributed by atoms with Crippen LogP contribution >= 0.6 is 0 Å². The summed E-state index contributed by atoms with van der Waals surface area (Å²) in [4.78, 5) is 15.7. The number of anilines is 1. The second kappa shape index (κ2) is 5.42. The van der Waals surface area contributed by atoms with Crippen LogP contribution in [-0.2, 0) is 17.9 Å². The number of amides is 1. The molecule has 6 nitrogen and oxygen atoms in total. The third-order valence-corrected chi connectivity index (χ3v) is 2.41. The van der Waals surface area contributed by atoms with E-state index in [1.807, 2.05) is 31.2 Å². The molecular weight excluding hydrogens is 230 g/mol. The van der Waals surface area contributed by atoms with Crippen LogP contribution in [0, 0.1) is 6.92 Å². The van der Waals surface area contributed by atoms with Crippen LogP contribution in [0.3, 0.4) is 0 Å². The average molecular weight is 245 g/mol. The lowest BCUT2D eigenvalue weighted by Gasteiger charge is -2.05. The van der Waals surface area contributed by atoms with Gasteiger partial charge in [0, 0.05) is 5.69 Å². The molecule has 1 amide bonds. The molecule has 6 heteroatoms. The molecule has 0 spiro atoms. The van der Waals surface area contributed by atoms with Gasteiger partial charge in [-0.1, -0.05) is 17.7 Å². The first-order valence-electron chi connectivity index (χ1n) is 5.62. The SMILES string of the molecule is Cc1ccc(NC(=O)Cn2cnc(CN)n2)cc1. The summed E-state index contributed by atoms with van der Waals surface area (Å²) >= 11 is 0. The Kier molecular flexibility index (Phi) is 3.69. The van der Waals surface area contributed by atoms with Gasteiger partial charge in [-0.15, -0.1) is 0 Å². The Hall–Kier alpha value is -2.21. The van der Waals surface area contributed by atoms with Gasteiger partial charge in [0.1, 0.15) is 12.9 Å². The highest BCUT2D eigenvalue weighted by Gasteiger charge is 2.05. The Morgan fingerprint density at radius 2 is 2.11 bits per heavy atom. The highest BCUT2D eigenvalue weighted by atomic mass is 16.2. The molecule has 0 atom stereocenters. The first-order chi connectivity index (χ1) is 8.67. The maximum absolute atomic E-state index is 11.7. The largest absolute Gasteiger partial charge is 0.324 e. The number of nitrogens with zero attached hydrogens (tertiary/aromatic N) is 3. The number of benzene rings is 1. The molecule has 0 saturated heterocycles. The van der Waals surface area contributed by atoms with Crippen molar-refractivity contribution in [1.82, 2.24) is 14.8 Å². The van der Waals surface area contributed by atoms with Gasteiger partial charge in [0.15, 0.2) is 5.82 Å². The van der Waals surface area contributed by atoms with Gasteiger partial charge in [-0.3, -0.25) is 4.79 Å². The van der Waals surface area contributed by atoms with Crippen LogP contribution in [0.5, 0.6) is 0 Å². The van der Waals surface area contributed by atoms with Crippen molar-refractivity contribution in [3.8, 4) is 0 Å². The number of hydrogen-bond acceptors (Lipinski definition) is 4. The lowest BCUT2D eigenvalue weighted by Crippen LogP contribution is -2.19. The van der Waals surface area contributed by atoms with Crippen molar-refractivity contribution < 1.29 is 4.79 Å². The molecule has 18 heavy (non-hydrogen) atoms. The third kappa shape index (κ3) is 3.14. The standard InChI is InChI=1S/C12H15N5O/c1-9-2-4-10(5-3-9)15-12(18)7-17-8-14-11(6-13)16-17/h2-5,8H,6-7,13H2,1H3,(H,15,18). The van der Waals surface area contributed by atoms with Crippen molar-refractivity contribution >= 4 is 11.6 Å². The van der Waals surface area contributed by atoms with E-state index in [-0.39, 0.29) is 19.0 Å². The zero-order chi connectivity index (χ0) is 13.0. The third-order valence-electron chi connectivity index (χ3n) is 2.41. The van der Waals surface area contributed by atoms with E-state index in [0.717, 1.165) is 11.3 Å². The lowest BCUT2D eigenvalue weighted by molar-refractivity contribution is -0.116. The molecule has 0 saturated carbocycles. The van der Waals surface area contributed by atoms with Crippen LogP contribution in [0.25, 0.3) is 0 Å². The van der Waals surface area contributed by atoms with Gasteiger partial charge in [0.25, 0.3) is 0 Å². The summed E-state index contributed by atoms with van der Waals surface area (Å²) in [6.45, 7) is 2.39. The summed E-state index contributed by atoms with van der Waals surface area (Å²) in [7, 11) is 0. The zero-order valence-electron chi connectivity index (χ0n) is 10.1. The monoisotopic (exact) mass is 245 g/mol. The van der Waals surface area contributed by atoms with E-state index in [9.17, 15) is 4.79 Å². The van der Waals surface area contributed by atoms with Crippen molar-refractivity contribution in [3.63, 3.8) is 0 Å². The molecular formula is C12H15N5O. The number of rotatable bonds is 4. The van der Waals surface area contributed by atoms with E-state index in [4.69, 9.17) is 5.73 Å². The number of aryl methyl sites for hydroxylation is 1. The van der Waals surface area contributed by atoms with Crippen LogP contribution in [-0.4, -0.2) is 20.7 Å². The normalized spacial score (nSPS) is 10.3. The molecule has 2 rings (SSSR count). The van der Waals surface area contributed by atoms with Crippen LogP contribution in [0.2, 0.25) is 0 Å². The van der Waals surface area contributed by atoms with E-state index < -0.39 is 0 Å². The van der Waals surface area contributed by atoms with Crippen LogP contribution in [0.15, 0.2) is 30.6 Å². The average Bonchev–Trinajstić information content (AvgIpc) is 2.79. The Morgan fingerprint density at radius 3 is 2.72 bits per heavy atom. The van der Waals surface area contributed by atoms with Crippen LogP contribution in [0.1, 0.15) is 11.4 Å². The Labute approximate surface area is 105 Å². The van der Waals surface area contributed by atoms with E-state index in [1.54, 1.807) is 0 Å². The summed E-state index contributed by atoms with van der Waals surface area (Å²) in [5.74, 6) is 0.380. The number of aromatic nitrogens is 3. The van der Waals surface area contributed by atoms with Gasteiger partial charge >= 0.3 is 0 Å². The summed E-state index contributed by atoms with van der Waals surface area (Å²) in [6.07, 6.45) is 1.50. The fourth-order valence-corrected chi connectivity index (χ4v) is 1.49.